The third kappa shape index (κ3) is 4.48. The van der Waals surface area contributed by atoms with Gasteiger partial charge >= 0.3 is 0 Å². The fourth-order valence-electron chi connectivity index (χ4n) is 1.58. The minimum atomic E-state index is -0.362. The fourth-order valence-corrected chi connectivity index (χ4v) is 1.69. The predicted octanol–water partition coefficient (Wildman–Crippen LogP) is 2.26. The van der Waals surface area contributed by atoms with E-state index in [0.717, 1.165) is 5.56 Å². The average Bonchev–Trinajstić information content (AvgIpc) is 2.28. The zero-order chi connectivity index (χ0) is 12.8. The van der Waals surface area contributed by atoms with Gasteiger partial charge in [-0.2, -0.15) is 0 Å². The van der Waals surface area contributed by atoms with Crippen LogP contribution in [0.1, 0.15) is 12.5 Å². The van der Waals surface area contributed by atoms with Crippen LogP contribution in [0, 0.1) is 16.0 Å². The number of halogens is 1. The first-order valence-corrected chi connectivity index (χ1v) is 5.58. The number of nitrogens with zero attached hydrogens (tertiary/aromatic N) is 3. The maximum absolute atomic E-state index is 10.5. The zero-order valence-electron chi connectivity index (χ0n) is 9.76. The third-order valence-corrected chi connectivity index (χ3v) is 2.70. The standard InChI is InChI=1S/C11H14ClN3O2/c1-8(10(13-2)7-15(16)17)5-9-3-4-11(12)14-6-9/h3-4,6,8H,5,7H2,1-2H3. The Bertz CT molecular complexity index is 417. The van der Waals surface area contributed by atoms with Gasteiger partial charge in [0.05, 0.1) is 5.71 Å². The van der Waals surface area contributed by atoms with Gasteiger partial charge in [-0.3, -0.25) is 15.1 Å². The summed E-state index contributed by atoms with van der Waals surface area (Å²) in [5.74, 6) is 0.0216. The third-order valence-electron chi connectivity index (χ3n) is 2.48. The molecule has 0 fully saturated rings. The molecule has 1 unspecified atom stereocenters. The molecule has 6 heteroatoms. The number of nitro groups is 1. The van der Waals surface area contributed by atoms with Crippen LogP contribution in [-0.4, -0.2) is 29.2 Å². The van der Waals surface area contributed by atoms with Gasteiger partial charge in [-0.25, -0.2) is 4.98 Å². The fraction of sp³-hybridized carbons (Fsp3) is 0.455. The summed E-state index contributed by atoms with van der Waals surface area (Å²) in [6.45, 7) is 1.71. The van der Waals surface area contributed by atoms with E-state index in [1.54, 1.807) is 19.3 Å². The largest absolute Gasteiger partial charge is 0.290 e. The number of rotatable bonds is 5. The Morgan fingerprint density at radius 3 is 2.82 bits per heavy atom. The highest BCUT2D eigenvalue weighted by molar-refractivity contribution is 6.29. The van der Waals surface area contributed by atoms with E-state index in [0.29, 0.717) is 17.3 Å². The highest BCUT2D eigenvalue weighted by Crippen LogP contribution is 2.12. The van der Waals surface area contributed by atoms with Gasteiger partial charge in [0.2, 0.25) is 6.54 Å². The summed E-state index contributed by atoms with van der Waals surface area (Å²) in [6, 6.07) is 3.57. The van der Waals surface area contributed by atoms with E-state index in [1.165, 1.54) is 0 Å². The maximum atomic E-state index is 10.5. The lowest BCUT2D eigenvalue weighted by atomic mass is 9.97. The molecule has 1 aromatic rings. The van der Waals surface area contributed by atoms with Crippen molar-refractivity contribution in [1.82, 2.24) is 4.98 Å². The number of aromatic nitrogens is 1. The molecule has 5 nitrogen and oxygen atoms in total. The highest BCUT2D eigenvalue weighted by Gasteiger charge is 2.16. The molecule has 92 valence electrons. The van der Waals surface area contributed by atoms with Gasteiger partial charge in [0.15, 0.2) is 0 Å². The van der Waals surface area contributed by atoms with Crippen molar-refractivity contribution in [2.75, 3.05) is 13.6 Å². The van der Waals surface area contributed by atoms with E-state index in [4.69, 9.17) is 11.6 Å². The Balaban J connectivity index is 2.67. The van der Waals surface area contributed by atoms with Gasteiger partial charge < -0.3 is 0 Å². The second-order valence-corrected chi connectivity index (χ2v) is 4.19. The van der Waals surface area contributed by atoms with Gasteiger partial charge in [0, 0.05) is 24.1 Å². The van der Waals surface area contributed by atoms with Crippen molar-refractivity contribution < 1.29 is 4.92 Å². The molecule has 1 rings (SSSR count). The Labute approximate surface area is 105 Å². The van der Waals surface area contributed by atoms with Crippen LogP contribution in [0.4, 0.5) is 0 Å². The molecule has 0 N–H and O–H groups in total. The summed E-state index contributed by atoms with van der Waals surface area (Å²) in [7, 11) is 1.58. The molecule has 0 spiro atoms. The first-order valence-electron chi connectivity index (χ1n) is 5.20. The van der Waals surface area contributed by atoms with Crippen molar-refractivity contribution in [1.29, 1.82) is 0 Å². The Morgan fingerprint density at radius 1 is 1.65 bits per heavy atom. The molecular weight excluding hydrogens is 242 g/mol. The molecule has 0 aliphatic heterocycles. The summed E-state index contributed by atoms with van der Waals surface area (Å²) in [6.07, 6.45) is 2.35. The SMILES string of the molecule is CN=C(C[N+](=O)[O-])C(C)Cc1ccc(Cl)nc1. The zero-order valence-corrected chi connectivity index (χ0v) is 10.5. The second-order valence-electron chi connectivity index (χ2n) is 3.80. The summed E-state index contributed by atoms with van der Waals surface area (Å²) in [5, 5.41) is 10.9. The predicted molar refractivity (Wildman–Crippen MR) is 67.3 cm³/mol. The van der Waals surface area contributed by atoms with Crippen molar-refractivity contribution in [2.45, 2.75) is 13.3 Å². The average molecular weight is 256 g/mol. The van der Waals surface area contributed by atoms with Gasteiger partial charge in [0.25, 0.3) is 0 Å². The van der Waals surface area contributed by atoms with Crippen LogP contribution in [0.3, 0.4) is 0 Å². The van der Waals surface area contributed by atoms with Crippen molar-refractivity contribution in [2.24, 2.45) is 10.9 Å². The van der Waals surface area contributed by atoms with Crippen LogP contribution < -0.4 is 0 Å². The highest BCUT2D eigenvalue weighted by atomic mass is 35.5. The molecule has 0 saturated heterocycles. The quantitative estimate of drug-likeness (QED) is 0.351. The van der Waals surface area contributed by atoms with E-state index in [1.807, 2.05) is 13.0 Å². The number of hydrogen-bond acceptors (Lipinski definition) is 4. The monoisotopic (exact) mass is 255 g/mol. The van der Waals surface area contributed by atoms with Crippen molar-refractivity contribution >= 4 is 17.3 Å². The van der Waals surface area contributed by atoms with Crippen LogP contribution in [-0.2, 0) is 6.42 Å². The summed E-state index contributed by atoms with van der Waals surface area (Å²) < 4.78 is 0. The summed E-state index contributed by atoms with van der Waals surface area (Å²) in [4.78, 5) is 18.0. The van der Waals surface area contributed by atoms with E-state index in [-0.39, 0.29) is 17.4 Å². The molecule has 1 atom stereocenters. The van der Waals surface area contributed by atoms with Crippen LogP contribution in [0.15, 0.2) is 23.3 Å². The normalized spacial score (nSPS) is 13.5. The van der Waals surface area contributed by atoms with Crippen LogP contribution in [0.25, 0.3) is 0 Å². The van der Waals surface area contributed by atoms with Crippen LogP contribution in [0.5, 0.6) is 0 Å². The second kappa shape index (κ2) is 6.30. The topological polar surface area (TPSA) is 68.4 Å². The number of hydrogen-bond donors (Lipinski definition) is 0. The molecule has 0 aromatic carbocycles. The first kappa shape index (κ1) is 13.6. The number of aliphatic imine (C=N–C) groups is 1. The Morgan fingerprint density at radius 2 is 2.35 bits per heavy atom. The van der Waals surface area contributed by atoms with Crippen LogP contribution in [0.2, 0.25) is 5.15 Å². The molecular formula is C11H14ClN3O2. The Hall–Kier alpha value is -1.49. The van der Waals surface area contributed by atoms with Gasteiger partial charge in [-0.1, -0.05) is 24.6 Å². The molecule has 0 aliphatic carbocycles. The van der Waals surface area contributed by atoms with Gasteiger partial charge in [-0.15, -0.1) is 0 Å². The minimum absolute atomic E-state index is 0.0216. The minimum Gasteiger partial charge on any atom is -0.290 e. The van der Waals surface area contributed by atoms with Crippen molar-refractivity contribution in [3.8, 4) is 0 Å². The maximum Gasteiger partial charge on any atom is 0.241 e. The van der Waals surface area contributed by atoms with Gasteiger partial charge in [0.1, 0.15) is 5.15 Å². The molecule has 0 radical (unpaired) electrons. The van der Waals surface area contributed by atoms with E-state index in [9.17, 15) is 10.1 Å². The molecule has 0 amide bonds. The molecule has 1 heterocycles. The van der Waals surface area contributed by atoms with E-state index in [2.05, 4.69) is 9.98 Å². The molecule has 0 bridgehead atoms. The summed E-state index contributed by atoms with van der Waals surface area (Å²) >= 11 is 5.68. The lowest BCUT2D eigenvalue weighted by Gasteiger charge is -2.11. The number of pyridine rings is 1. The van der Waals surface area contributed by atoms with Crippen molar-refractivity contribution in [3.05, 3.63) is 39.2 Å². The lowest BCUT2D eigenvalue weighted by molar-refractivity contribution is -0.463. The van der Waals surface area contributed by atoms with Gasteiger partial charge in [-0.05, 0) is 18.1 Å². The van der Waals surface area contributed by atoms with E-state index < -0.39 is 0 Å². The van der Waals surface area contributed by atoms with Crippen molar-refractivity contribution in [3.63, 3.8) is 0 Å². The smallest absolute Gasteiger partial charge is 0.241 e. The molecule has 0 saturated carbocycles. The summed E-state index contributed by atoms with van der Waals surface area (Å²) in [5.41, 5.74) is 1.58. The first-order chi connectivity index (χ1) is 8.02. The van der Waals surface area contributed by atoms with E-state index >= 15 is 0 Å². The molecule has 17 heavy (non-hydrogen) atoms. The molecule has 1 aromatic heterocycles. The lowest BCUT2D eigenvalue weighted by Crippen LogP contribution is -2.22. The Kier molecular flexibility index (Phi) is 5.03. The van der Waals surface area contributed by atoms with Crippen LogP contribution >= 0.6 is 11.6 Å². The molecule has 0 aliphatic rings.